The van der Waals surface area contributed by atoms with Crippen LogP contribution in [0, 0.1) is 5.92 Å². The Labute approximate surface area is 118 Å². The van der Waals surface area contributed by atoms with Crippen molar-refractivity contribution in [3.05, 3.63) is 0 Å². The molecule has 0 amide bonds. The lowest BCUT2D eigenvalue weighted by molar-refractivity contribution is 0.0646. The molecule has 0 aliphatic carbocycles. The van der Waals surface area contributed by atoms with Crippen LogP contribution in [0.4, 0.5) is 0 Å². The highest BCUT2D eigenvalue weighted by atomic mass is 16.5. The van der Waals surface area contributed by atoms with Crippen molar-refractivity contribution in [1.82, 2.24) is 10.2 Å². The van der Waals surface area contributed by atoms with E-state index in [1.807, 2.05) is 0 Å². The maximum Gasteiger partial charge on any atom is 0.0611 e. The molecule has 1 fully saturated rings. The Bertz CT molecular complexity index is 242. The Morgan fingerprint density at radius 2 is 2.05 bits per heavy atom. The quantitative estimate of drug-likeness (QED) is 0.702. The molecule has 0 spiro atoms. The summed E-state index contributed by atoms with van der Waals surface area (Å²) in [6.45, 7) is 10.8. The molecule has 2 unspecified atom stereocenters. The first-order valence-electron chi connectivity index (χ1n) is 7.63. The molecule has 0 aromatic carbocycles. The van der Waals surface area contributed by atoms with Gasteiger partial charge in [-0.2, -0.15) is 0 Å². The van der Waals surface area contributed by atoms with Gasteiger partial charge in [-0.05, 0) is 58.7 Å². The smallest absolute Gasteiger partial charge is 0.0611 e. The van der Waals surface area contributed by atoms with Gasteiger partial charge >= 0.3 is 0 Å². The number of aliphatic hydroxyl groups is 1. The number of rotatable bonds is 8. The third kappa shape index (κ3) is 5.38. The van der Waals surface area contributed by atoms with E-state index in [1.54, 1.807) is 7.11 Å². The number of piperidine rings is 1. The van der Waals surface area contributed by atoms with E-state index in [4.69, 9.17) is 4.74 Å². The highest BCUT2D eigenvalue weighted by Crippen LogP contribution is 2.23. The summed E-state index contributed by atoms with van der Waals surface area (Å²) in [6.07, 6.45) is 3.46. The molecule has 1 heterocycles. The van der Waals surface area contributed by atoms with Crippen molar-refractivity contribution in [3.63, 3.8) is 0 Å². The van der Waals surface area contributed by atoms with Crippen LogP contribution in [0.25, 0.3) is 0 Å². The predicted octanol–water partition coefficient (Wildman–Crippen LogP) is 1.48. The van der Waals surface area contributed by atoms with E-state index in [2.05, 4.69) is 31.0 Å². The topological polar surface area (TPSA) is 44.7 Å². The summed E-state index contributed by atoms with van der Waals surface area (Å²) in [4.78, 5) is 2.55. The number of ether oxygens (including phenoxy) is 1. The van der Waals surface area contributed by atoms with Crippen molar-refractivity contribution >= 4 is 0 Å². The monoisotopic (exact) mass is 272 g/mol. The second kappa shape index (κ2) is 8.20. The zero-order valence-corrected chi connectivity index (χ0v) is 13.1. The van der Waals surface area contributed by atoms with Gasteiger partial charge in [-0.1, -0.05) is 6.92 Å². The first kappa shape index (κ1) is 16.9. The lowest BCUT2D eigenvalue weighted by atomic mass is 9.91. The van der Waals surface area contributed by atoms with Gasteiger partial charge in [0.1, 0.15) is 0 Å². The van der Waals surface area contributed by atoms with Crippen LogP contribution in [0.3, 0.4) is 0 Å². The predicted molar refractivity (Wildman–Crippen MR) is 79.4 cm³/mol. The fraction of sp³-hybridized carbons (Fsp3) is 1.00. The van der Waals surface area contributed by atoms with E-state index in [9.17, 15) is 5.11 Å². The number of hydrogen-bond donors (Lipinski definition) is 2. The maximum absolute atomic E-state index is 9.58. The zero-order chi connectivity index (χ0) is 14.3. The second-order valence-electron chi connectivity index (χ2n) is 6.24. The number of methoxy groups -OCH3 is 1. The molecule has 19 heavy (non-hydrogen) atoms. The Kier molecular flexibility index (Phi) is 7.29. The molecular weight excluding hydrogens is 240 g/mol. The van der Waals surface area contributed by atoms with Crippen LogP contribution >= 0.6 is 0 Å². The summed E-state index contributed by atoms with van der Waals surface area (Å²) in [5, 5.41) is 13.0. The molecule has 0 aromatic rings. The standard InChI is InChI=1S/C15H32N2O2/c1-5-16-15(3,12-18)10-13(2)17-8-6-14(7-9-17)11-19-4/h13-14,16,18H,5-12H2,1-4H3. The highest BCUT2D eigenvalue weighted by Gasteiger charge is 2.29. The molecule has 1 saturated heterocycles. The SMILES string of the molecule is CCNC(C)(CO)CC(C)N1CCC(COC)CC1. The average Bonchev–Trinajstić information content (AvgIpc) is 2.40. The van der Waals surface area contributed by atoms with Crippen molar-refractivity contribution < 1.29 is 9.84 Å². The summed E-state index contributed by atoms with van der Waals surface area (Å²) in [5.41, 5.74) is -0.155. The first-order chi connectivity index (χ1) is 9.04. The van der Waals surface area contributed by atoms with E-state index in [-0.39, 0.29) is 12.1 Å². The largest absolute Gasteiger partial charge is 0.394 e. The van der Waals surface area contributed by atoms with Crippen LogP contribution in [-0.4, -0.2) is 61.5 Å². The number of nitrogens with zero attached hydrogens (tertiary/aromatic N) is 1. The molecule has 0 aromatic heterocycles. The third-order valence-corrected chi connectivity index (χ3v) is 4.37. The molecule has 2 atom stereocenters. The average molecular weight is 272 g/mol. The van der Waals surface area contributed by atoms with E-state index < -0.39 is 0 Å². The van der Waals surface area contributed by atoms with E-state index >= 15 is 0 Å². The van der Waals surface area contributed by atoms with Crippen LogP contribution in [0.2, 0.25) is 0 Å². The molecule has 1 aliphatic heterocycles. The summed E-state index contributed by atoms with van der Waals surface area (Å²) in [6, 6.07) is 0.514. The minimum absolute atomic E-state index is 0.155. The van der Waals surface area contributed by atoms with Crippen molar-refractivity contribution in [2.24, 2.45) is 5.92 Å². The highest BCUT2D eigenvalue weighted by molar-refractivity contribution is 4.88. The first-order valence-corrected chi connectivity index (χ1v) is 7.63. The Morgan fingerprint density at radius 3 is 2.53 bits per heavy atom. The van der Waals surface area contributed by atoms with Crippen molar-refractivity contribution in [2.75, 3.05) is 40.0 Å². The normalized spacial score (nSPS) is 23.2. The maximum atomic E-state index is 9.58. The van der Waals surface area contributed by atoms with Gasteiger partial charge in [0.25, 0.3) is 0 Å². The minimum Gasteiger partial charge on any atom is -0.394 e. The summed E-state index contributed by atoms with van der Waals surface area (Å²) >= 11 is 0. The molecular formula is C15H32N2O2. The molecule has 0 radical (unpaired) electrons. The Hall–Kier alpha value is -0.160. The van der Waals surface area contributed by atoms with E-state index in [1.165, 1.54) is 12.8 Å². The number of likely N-dealkylation sites (N-methyl/N-ethyl adjacent to an activating group) is 1. The fourth-order valence-corrected chi connectivity index (χ4v) is 3.20. The van der Waals surface area contributed by atoms with Gasteiger partial charge in [0.05, 0.1) is 6.61 Å². The number of nitrogens with one attached hydrogen (secondary N) is 1. The number of likely N-dealkylation sites (tertiary alicyclic amines) is 1. The molecule has 2 N–H and O–H groups in total. The van der Waals surface area contributed by atoms with Crippen LogP contribution in [-0.2, 0) is 4.74 Å². The van der Waals surface area contributed by atoms with Gasteiger partial charge in [0.15, 0.2) is 0 Å². The lowest BCUT2D eigenvalue weighted by Crippen LogP contribution is -2.51. The van der Waals surface area contributed by atoms with Gasteiger partial charge in [0, 0.05) is 25.3 Å². The molecule has 1 aliphatic rings. The van der Waals surface area contributed by atoms with Gasteiger partial charge in [-0.3, -0.25) is 0 Å². The van der Waals surface area contributed by atoms with Crippen LogP contribution in [0.1, 0.15) is 40.0 Å². The van der Waals surface area contributed by atoms with Gasteiger partial charge in [0.2, 0.25) is 0 Å². The van der Waals surface area contributed by atoms with Crippen LogP contribution in [0.15, 0.2) is 0 Å². The summed E-state index contributed by atoms with van der Waals surface area (Å²) < 4.78 is 5.25. The van der Waals surface area contributed by atoms with Crippen molar-refractivity contribution in [1.29, 1.82) is 0 Å². The molecule has 114 valence electrons. The Morgan fingerprint density at radius 1 is 1.42 bits per heavy atom. The van der Waals surface area contributed by atoms with Gasteiger partial charge in [-0.15, -0.1) is 0 Å². The minimum atomic E-state index is -0.155. The van der Waals surface area contributed by atoms with Crippen molar-refractivity contribution in [3.8, 4) is 0 Å². The Balaban J connectivity index is 2.40. The second-order valence-corrected chi connectivity index (χ2v) is 6.24. The molecule has 4 heteroatoms. The van der Waals surface area contributed by atoms with E-state index in [0.717, 1.165) is 38.6 Å². The van der Waals surface area contributed by atoms with Crippen molar-refractivity contribution in [2.45, 2.75) is 51.6 Å². The molecule has 0 saturated carbocycles. The van der Waals surface area contributed by atoms with Gasteiger partial charge < -0.3 is 20.1 Å². The fourth-order valence-electron chi connectivity index (χ4n) is 3.20. The molecule has 4 nitrogen and oxygen atoms in total. The summed E-state index contributed by atoms with van der Waals surface area (Å²) in [7, 11) is 1.79. The van der Waals surface area contributed by atoms with Crippen LogP contribution in [0.5, 0.6) is 0 Å². The van der Waals surface area contributed by atoms with Gasteiger partial charge in [-0.25, -0.2) is 0 Å². The van der Waals surface area contributed by atoms with E-state index in [0.29, 0.717) is 6.04 Å². The number of hydrogen-bond acceptors (Lipinski definition) is 4. The lowest BCUT2D eigenvalue weighted by Gasteiger charge is -2.40. The third-order valence-electron chi connectivity index (χ3n) is 4.37. The summed E-state index contributed by atoms with van der Waals surface area (Å²) in [5.74, 6) is 0.728. The number of aliphatic hydroxyl groups excluding tert-OH is 1. The molecule has 1 rings (SSSR count). The van der Waals surface area contributed by atoms with Crippen LogP contribution < -0.4 is 5.32 Å². The molecule has 0 bridgehead atoms. The zero-order valence-electron chi connectivity index (χ0n) is 13.1.